The second kappa shape index (κ2) is 26.6. The SMILES string of the molecule is [Be+2].[H-].[H-].[H-].[H-].[Mg+2].[O]=[Zn]. The fraction of sp³-hybridized carbons (Fsp3) is 0. The van der Waals surface area contributed by atoms with E-state index >= 15 is 0 Å². The summed E-state index contributed by atoms with van der Waals surface area (Å²) in [6, 6.07) is 0. The first-order valence-electron chi connectivity index (χ1n) is 0.289. The van der Waals surface area contributed by atoms with Crippen molar-refractivity contribution >= 4 is 33.2 Å². The summed E-state index contributed by atoms with van der Waals surface area (Å²) in [6.07, 6.45) is 0. The number of rotatable bonds is 0. The molecular weight excluding hydrogens is 115 g/mol. The Balaban J connectivity index is -0.000000000333. The third-order valence-corrected chi connectivity index (χ3v) is 0. The molecule has 16 valence electrons. The van der Waals surface area contributed by atoms with Crippen molar-refractivity contribution in [2.24, 2.45) is 0 Å². The molecule has 0 aliphatic carbocycles. The summed E-state index contributed by atoms with van der Waals surface area (Å²) in [6.45, 7) is 0. The van der Waals surface area contributed by atoms with Crippen LogP contribution in [0.4, 0.5) is 0 Å². The first kappa shape index (κ1) is 18.3. The van der Waals surface area contributed by atoms with Crippen LogP contribution in [0, 0.1) is 0 Å². The Labute approximate surface area is 60.8 Å². The minimum atomic E-state index is 0. The van der Waals surface area contributed by atoms with E-state index < -0.39 is 0 Å². The summed E-state index contributed by atoms with van der Waals surface area (Å²) >= 11 is 0.125. The maximum absolute atomic E-state index is 8.38. The molecule has 0 atom stereocenters. The van der Waals surface area contributed by atoms with Crippen molar-refractivity contribution in [1.82, 2.24) is 0 Å². The van der Waals surface area contributed by atoms with Gasteiger partial charge in [-0.3, -0.25) is 0 Å². The Bertz CT molecular complexity index is 16.0. The average molecular weight is 119 g/mol. The summed E-state index contributed by atoms with van der Waals surface area (Å²) in [5.74, 6) is 0. The zero-order chi connectivity index (χ0) is 2.00. The maximum atomic E-state index is 8.38. The predicted molar refractivity (Wildman–Crippen MR) is 16.6 cm³/mol. The third kappa shape index (κ3) is 10.1. The van der Waals surface area contributed by atoms with Gasteiger partial charge in [0.05, 0.1) is 0 Å². The molecule has 0 unspecified atom stereocenters. The minimum absolute atomic E-state index is 0. The molecule has 0 saturated heterocycles. The molecule has 4 heteroatoms. The molecule has 0 aromatic rings. The van der Waals surface area contributed by atoms with Crippen LogP contribution in [0.1, 0.15) is 5.71 Å². The van der Waals surface area contributed by atoms with Crippen LogP contribution in [-0.2, 0) is 21.8 Å². The van der Waals surface area contributed by atoms with Gasteiger partial charge in [-0.15, -0.1) is 0 Å². The van der Waals surface area contributed by atoms with Gasteiger partial charge in [-0.05, 0) is 0 Å². The van der Waals surface area contributed by atoms with E-state index in [1.807, 2.05) is 0 Å². The molecule has 0 bridgehead atoms. The van der Waals surface area contributed by atoms with Gasteiger partial charge in [-0.2, -0.15) is 0 Å². The summed E-state index contributed by atoms with van der Waals surface area (Å²) in [5, 5.41) is 0. The average Bonchev–Trinajstić information content (AvgIpc) is 1.00. The van der Waals surface area contributed by atoms with Gasteiger partial charge < -0.3 is 5.71 Å². The number of hydrogen-bond donors (Lipinski definition) is 0. The zero-order valence-electron chi connectivity index (χ0n) is 6.53. The van der Waals surface area contributed by atoms with Gasteiger partial charge in [0.1, 0.15) is 0 Å². The first-order valence-corrected chi connectivity index (χ1v) is 1.50. The molecule has 0 aliphatic rings. The zero-order valence-corrected chi connectivity index (χ0v) is 6.91. The molecule has 0 aliphatic heterocycles. The van der Waals surface area contributed by atoms with Crippen LogP contribution in [0.15, 0.2) is 0 Å². The van der Waals surface area contributed by atoms with E-state index in [2.05, 4.69) is 0 Å². The molecule has 0 radical (unpaired) electrons. The van der Waals surface area contributed by atoms with E-state index in [0.29, 0.717) is 0 Å². The number of hydrogen-bond acceptors (Lipinski definition) is 1. The molecule has 4 heavy (non-hydrogen) atoms. The quantitative estimate of drug-likeness (QED) is 0.395. The Kier molecular flexibility index (Phi) is 122. The van der Waals surface area contributed by atoms with E-state index in [4.69, 9.17) is 3.57 Å². The third-order valence-electron chi connectivity index (χ3n) is 0. The van der Waals surface area contributed by atoms with Crippen molar-refractivity contribution in [3.8, 4) is 0 Å². The first-order chi connectivity index (χ1) is 1.00. The van der Waals surface area contributed by atoms with Gasteiger partial charge in [0.15, 0.2) is 0 Å². The van der Waals surface area contributed by atoms with Crippen LogP contribution in [0.5, 0.6) is 0 Å². The van der Waals surface area contributed by atoms with Gasteiger partial charge in [0, 0.05) is 0 Å². The second-order valence-electron chi connectivity index (χ2n) is 0. The molecule has 0 aromatic heterocycles. The molecule has 0 rings (SSSR count). The van der Waals surface area contributed by atoms with Crippen LogP contribution < -0.4 is 0 Å². The molecule has 0 fully saturated rings. The second-order valence-corrected chi connectivity index (χ2v) is 0. The molecule has 0 spiro atoms. The van der Waals surface area contributed by atoms with Crippen LogP contribution in [-0.4, -0.2) is 33.2 Å². The molecule has 0 heterocycles. The van der Waals surface area contributed by atoms with Crippen molar-refractivity contribution in [2.45, 2.75) is 0 Å². The van der Waals surface area contributed by atoms with Gasteiger partial charge in [0.2, 0.25) is 0 Å². The fourth-order valence-corrected chi connectivity index (χ4v) is 0. The van der Waals surface area contributed by atoms with Gasteiger partial charge in [-0.25, -0.2) is 0 Å². The van der Waals surface area contributed by atoms with E-state index in [1.165, 1.54) is 0 Å². The van der Waals surface area contributed by atoms with Crippen molar-refractivity contribution < 1.29 is 27.5 Å². The Morgan fingerprint density at radius 2 is 1.50 bits per heavy atom. The van der Waals surface area contributed by atoms with Crippen molar-refractivity contribution in [3.63, 3.8) is 0 Å². The normalized spacial score (nSPS) is 1.50. The topological polar surface area (TPSA) is 17.1 Å². The van der Waals surface area contributed by atoms with Crippen LogP contribution in [0.25, 0.3) is 0 Å². The summed E-state index contributed by atoms with van der Waals surface area (Å²) in [4.78, 5) is 0. The summed E-state index contributed by atoms with van der Waals surface area (Å²) < 4.78 is 8.38. The van der Waals surface area contributed by atoms with E-state index in [9.17, 15) is 0 Å². The molecular formula is H4BeMgOZn. The van der Waals surface area contributed by atoms with Crippen molar-refractivity contribution in [3.05, 3.63) is 0 Å². The summed E-state index contributed by atoms with van der Waals surface area (Å²) in [5.41, 5.74) is 0. The fourth-order valence-electron chi connectivity index (χ4n) is 0. The molecule has 0 aromatic carbocycles. The Morgan fingerprint density at radius 3 is 1.50 bits per heavy atom. The monoisotopic (exact) mass is 117 g/mol. The van der Waals surface area contributed by atoms with E-state index in [1.54, 1.807) is 0 Å². The van der Waals surface area contributed by atoms with Crippen LogP contribution in [0.3, 0.4) is 0 Å². The molecule has 0 amide bonds. The van der Waals surface area contributed by atoms with Crippen molar-refractivity contribution in [1.29, 1.82) is 0 Å². The van der Waals surface area contributed by atoms with Crippen LogP contribution in [0.2, 0.25) is 0 Å². The molecule has 0 saturated carbocycles. The standard InChI is InChI=1S/Be.Mg.O.Zn.4H/q2*+2;;;4*-1. The Morgan fingerprint density at radius 1 is 1.50 bits per heavy atom. The molecule has 1 nitrogen and oxygen atoms in total. The van der Waals surface area contributed by atoms with Gasteiger partial charge >= 0.3 is 55.0 Å². The predicted octanol–water partition coefficient (Wildman–Crippen LogP) is -0.433. The Hall–Kier alpha value is 1.36. The van der Waals surface area contributed by atoms with E-state index in [0.717, 1.165) is 0 Å². The van der Waals surface area contributed by atoms with Gasteiger partial charge in [0.25, 0.3) is 0 Å². The molecule has 0 N–H and O–H groups in total. The van der Waals surface area contributed by atoms with Gasteiger partial charge in [-0.1, -0.05) is 0 Å². The van der Waals surface area contributed by atoms with E-state index in [-0.39, 0.29) is 57.1 Å². The summed E-state index contributed by atoms with van der Waals surface area (Å²) in [7, 11) is 0. The van der Waals surface area contributed by atoms with Crippen LogP contribution >= 0.6 is 0 Å². The van der Waals surface area contributed by atoms with Crippen molar-refractivity contribution in [2.75, 3.05) is 0 Å².